The van der Waals surface area contributed by atoms with E-state index in [-0.39, 0.29) is 24.1 Å². The number of fused-ring (bicyclic) bond motifs is 2. The average molecular weight is 508 g/mol. The van der Waals surface area contributed by atoms with Crippen molar-refractivity contribution < 1.29 is 14.7 Å². The number of nitrogens with one attached hydrogen (secondary N) is 2. The Hall–Kier alpha value is -3.08. The van der Waals surface area contributed by atoms with Crippen molar-refractivity contribution in [1.29, 1.82) is 0 Å². The zero-order valence-corrected chi connectivity index (χ0v) is 20.2. The van der Waals surface area contributed by atoms with Crippen LogP contribution >= 0.6 is 15.9 Å². The van der Waals surface area contributed by atoms with Crippen molar-refractivity contribution in [1.82, 2.24) is 10.6 Å². The Morgan fingerprint density at radius 2 is 2.12 bits per heavy atom. The van der Waals surface area contributed by atoms with Crippen LogP contribution in [0.25, 0.3) is 10.8 Å². The van der Waals surface area contributed by atoms with Gasteiger partial charge in [-0.3, -0.25) is 14.5 Å². The Labute approximate surface area is 202 Å². The standard InChI is InChI=1S/C26H26BrN3O3/c1-3-28-16(2)25(32)29-22-12-8-17-6-4-5-7-23(17)30(26(22)33)15-21-20-11-10-19(27)14-18(20)9-13-24(21)31/h4,6,9-11,13-14,16,22,28,31H,3,8,12,15H2,1-2H3,(H,29,32)/t16-,22-/m0/s1. The first kappa shape index (κ1) is 23.1. The SMILES string of the molecule is CCN[C@@H](C)C(=O)N[C@H]1CCc2ccc#cc2N(Cc2c(O)ccc3cc(Br)ccc23)C1=O. The molecule has 1 heterocycles. The van der Waals surface area contributed by atoms with E-state index in [2.05, 4.69) is 38.7 Å². The van der Waals surface area contributed by atoms with Crippen LogP contribution in [0.5, 0.6) is 5.75 Å². The molecule has 2 atom stereocenters. The van der Waals surface area contributed by atoms with E-state index in [0.29, 0.717) is 30.6 Å². The van der Waals surface area contributed by atoms with Gasteiger partial charge in [0.05, 0.1) is 18.3 Å². The molecule has 4 rings (SSSR count). The van der Waals surface area contributed by atoms with Crippen LogP contribution < -0.4 is 15.5 Å². The van der Waals surface area contributed by atoms with Crippen molar-refractivity contribution in [2.24, 2.45) is 0 Å². The van der Waals surface area contributed by atoms with E-state index in [1.165, 1.54) is 0 Å². The van der Waals surface area contributed by atoms with Crippen molar-refractivity contribution in [2.75, 3.05) is 11.4 Å². The highest BCUT2D eigenvalue weighted by atomic mass is 79.9. The number of hydrogen-bond donors (Lipinski definition) is 3. The molecule has 1 aliphatic heterocycles. The molecular weight excluding hydrogens is 482 g/mol. The van der Waals surface area contributed by atoms with Gasteiger partial charge in [0.15, 0.2) is 0 Å². The summed E-state index contributed by atoms with van der Waals surface area (Å²) in [5.41, 5.74) is 2.23. The number of carbonyl (C=O) groups is 2. The number of aryl methyl sites for hydroxylation is 1. The summed E-state index contributed by atoms with van der Waals surface area (Å²) < 4.78 is 0.934. The molecule has 0 bridgehead atoms. The van der Waals surface area contributed by atoms with E-state index in [1.807, 2.05) is 37.3 Å². The lowest BCUT2D eigenvalue weighted by Gasteiger charge is -2.27. The predicted octanol–water partition coefficient (Wildman–Crippen LogP) is 3.87. The monoisotopic (exact) mass is 507 g/mol. The van der Waals surface area contributed by atoms with Crippen molar-refractivity contribution in [2.45, 2.75) is 45.3 Å². The fourth-order valence-corrected chi connectivity index (χ4v) is 4.62. The third-order valence-corrected chi connectivity index (χ3v) is 6.50. The number of aromatic hydroxyl groups is 1. The second kappa shape index (κ2) is 9.82. The van der Waals surface area contributed by atoms with Crippen LogP contribution in [-0.2, 0) is 22.6 Å². The van der Waals surface area contributed by atoms with Crippen LogP contribution in [0.2, 0.25) is 0 Å². The maximum Gasteiger partial charge on any atom is 0.250 e. The molecule has 0 fully saturated rings. The minimum Gasteiger partial charge on any atom is -0.508 e. The van der Waals surface area contributed by atoms with Gasteiger partial charge in [0, 0.05) is 10.0 Å². The first-order chi connectivity index (χ1) is 15.9. The molecule has 0 aliphatic carbocycles. The van der Waals surface area contributed by atoms with E-state index < -0.39 is 12.1 Å². The van der Waals surface area contributed by atoms with Gasteiger partial charge >= 0.3 is 0 Å². The Morgan fingerprint density at radius 1 is 1.30 bits per heavy atom. The molecule has 7 heteroatoms. The quantitative estimate of drug-likeness (QED) is 0.473. The lowest BCUT2D eigenvalue weighted by atomic mass is 10.0. The van der Waals surface area contributed by atoms with Gasteiger partial charge < -0.3 is 15.7 Å². The Bertz CT molecular complexity index is 1200. The second-order valence-electron chi connectivity index (χ2n) is 8.21. The highest BCUT2D eigenvalue weighted by Crippen LogP contribution is 2.33. The Morgan fingerprint density at radius 3 is 2.91 bits per heavy atom. The fraction of sp³-hybridized carbons (Fsp3) is 0.308. The average Bonchev–Trinajstić information content (AvgIpc) is 2.93. The zero-order chi connectivity index (χ0) is 23.5. The van der Waals surface area contributed by atoms with Crippen molar-refractivity contribution in [3.05, 3.63) is 70.2 Å². The molecule has 3 aromatic rings. The van der Waals surface area contributed by atoms with E-state index in [9.17, 15) is 14.7 Å². The summed E-state index contributed by atoms with van der Waals surface area (Å²) in [6.45, 7) is 4.52. The Balaban J connectivity index is 1.72. The number of anilines is 1. The second-order valence-corrected chi connectivity index (χ2v) is 9.12. The summed E-state index contributed by atoms with van der Waals surface area (Å²) in [4.78, 5) is 28.0. The van der Waals surface area contributed by atoms with Gasteiger partial charge in [0.2, 0.25) is 11.8 Å². The molecule has 0 saturated heterocycles. The van der Waals surface area contributed by atoms with E-state index >= 15 is 0 Å². The number of phenols is 1. The summed E-state index contributed by atoms with van der Waals surface area (Å²) in [5.74, 6) is -0.325. The van der Waals surface area contributed by atoms with Crippen molar-refractivity contribution in [3.8, 4) is 5.75 Å². The first-order valence-electron chi connectivity index (χ1n) is 11.1. The highest BCUT2D eigenvalue weighted by Gasteiger charge is 2.33. The summed E-state index contributed by atoms with van der Waals surface area (Å²) in [5, 5.41) is 18.5. The number of hydrogen-bond acceptors (Lipinski definition) is 4. The molecule has 6 nitrogen and oxygen atoms in total. The number of nitrogens with zero attached hydrogens (tertiary/aromatic N) is 1. The van der Waals surface area contributed by atoms with Crippen molar-refractivity contribution >= 4 is 44.2 Å². The molecular formula is C26H26BrN3O3. The molecule has 1 aliphatic rings. The number of benzene rings is 2. The smallest absolute Gasteiger partial charge is 0.250 e. The normalized spacial score (nSPS) is 16.6. The van der Waals surface area contributed by atoms with Crippen LogP contribution in [0.4, 0.5) is 5.69 Å². The molecule has 170 valence electrons. The highest BCUT2D eigenvalue weighted by molar-refractivity contribution is 9.10. The minimum absolute atomic E-state index is 0.115. The lowest BCUT2D eigenvalue weighted by molar-refractivity contribution is -0.128. The number of likely N-dealkylation sites (N-methyl/N-ethyl adjacent to an activating group) is 1. The van der Waals surface area contributed by atoms with E-state index in [0.717, 1.165) is 20.8 Å². The number of phenolic OH excluding ortho intramolecular Hbond substituents is 1. The summed E-state index contributed by atoms with van der Waals surface area (Å²) in [6.07, 6.45) is 1.11. The largest absolute Gasteiger partial charge is 0.508 e. The van der Waals surface area contributed by atoms with Crippen LogP contribution in [0.3, 0.4) is 0 Å². The van der Waals surface area contributed by atoms with E-state index in [1.54, 1.807) is 24.0 Å². The lowest BCUT2D eigenvalue weighted by Crippen LogP contribution is -2.52. The molecule has 3 N–H and O–H groups in total. The molecule has 2 amide bonds. The molecule has 33 heavy (non-hydrogen) atoms. The third kappa shape index (κ3) is 4.82. The van der Waals surface area contributed by atoms with Gasteiger partial charge in [0.1, 0.15) is 11.8 Å². The minimum atomic E-state index is -0.675. The van der Waals surface area contributed by atoms with Gasteiger partial charge in [-0.05, 0) is 79.0 Å². The zero-order valence-electron chi connectivity index (χ0n) is 18.6. The van der Waals surface area contributed by atoms with Gasteiger partial charge in [-0.1, -0.05) is 41.1 Å². The maximum atomic E-state index is 13.7. The number of carbonyl (C=O) groups excluding carboxylic acids is 2. The maximum absolute atomic E-state index is 13.7. The van der Waals surface area contributed by atoms with Gasteiger partial charge in [-0.2, -0.15) is 0 Å². The number of amides is 2. The Kier molecular flexibility index (Phi) is 6.87. The third-order valence-electron chi connectivity index (χ3n) is 6.00. The summed E-state index contributed by atoms with van der Waals surface area (Å²) in [6, 6.07) is 18.0. The first-order valence-corrected chi connectivity index (χ1v) is 11.8. The molecule has 0 spiro atoms. The predicted molar refractivity (Wildman–Crippen MR) is 132 cm³/mol. The molecule has 0 unspecified atom stereocenters. The number of rotatable bonds is 6. The summed E-state index contributed by atoms with van der Waals surface area (Å²) in [7, 11) is 0. The van der Waals surface area contributed by atoms with Gasteiger partial charge in [-0.25, -0.2) is 0 Å². The van der Waals surface area contributed by atoms with Crippen molar-refractivity contribution in [3.63, 3.8) is 0 Å². The summed E-state index contributed by atoms with van der Waals surface area (Å²) >= 11 is 3.49. The van der Waals surface area contributed by atoms with Gasteiger partial charge in [0.25, 0.3) is 0 Å². The van der Waals surface area contributed by atoms with Crippen LogP contribution in [0.1, 0.15) is 31.4 Å². The van der Waals surface area contributed by atoms with Crippen LogP contribution in [0.15, 0.2) is 46.9 Å². The molecule has 3 aromatic carbocycles. The number of halogens is 1. The van der Waals surface area contributed by atoms with Gasteiger partial charge in [-0.15, -0.1) is 0 Å². The molecule has 0 radical (unpaired) electrons. The molecule has 0 saturated carbocycles. The fourth-order valence-electron chi connectivity index (χ4n) is 4.24. The molecule has 0 aromatic heterocycles. The van der Waals surface area contributed by atoms with Crippen LogP contribution in [-0.4, -0.2) is 35.5 Å². The van der Waals surface area contributed by atoms with Crippen LogP contribution in [0, 0.1) is 12.1 Å². The van der Waals surface area contributed by atoms with E-state index in [4.69, 9.17) is 0 Å². The topological polar surface area (TPSA) is 81.7 Å².